The molecule has 19 heavy (non-hydrogen) atoms. The minimum atomic E-state index is -3.46. The Hall–Kier alpha value is -1.63. The highest BCUT2D eigenvalue weighted by molar-refractivity contribution is 7.90. The summed E-state index contributed by atoms with van der Waals surface area (Å²) >= 11 is 0. The summed E-state index contributed by atoms with van der Waals surface area (Å²) in [5, 5.41) is -0.690. The predicted molar refractivity (Wildman–Crippen MR) is 70.7 cm³/mol. The molecule has 1 aliphatic carbocycles. The van der Waals surface area contributed by atoms with E-state index in [2.05, 4.69) is 4.99 Å². The van der Waals surface area contributed by atoms with Crippen LogP contribution in [0, 0.1) is 5.82 Å². The third-order valence-electron chi connectivity index (χ3n) is 3.88. The quantitative estimate of drug-likeness (QED) is 0.783. The first-order chi connectivity index (χ1) is 8.79. The second-order valence-electron chi connectivity index (χ2n) is 5.03. The predicted octanol–water partition coefficient (Wildman–Crippen LogP) is 1.07. The van der Waals surface area contributed by atoms with Crippen molar-refractivity contribution in [3.63, 3.8) is 0 Å². The van der Waals surface area contributed by atoms with E-state index in [1.165, 1.54) is 25.2 Å². The van der Waals surface area contributed by atoms with E-state index in [1.807, 2.05) is 0 Å². The molecule has 1 heterocycles. The number of nitrogen functional groups attached to an aromatic ring is 1. The molecule has 2 N–H and O–H groups in total. The first kappa shape index (κ1) is 12.4. The molecule has 1 fully saturated rings. The number of benzene rings is 1. The maximum absolute atomic E-state index is 14.0. The molecule has 0 spiro atoms. The lowest BCUT2D eigenvalue weighted by molar-refractivity contribution is 0.522. The largest absolute Gasteiger partial charge is 0.399 e. The molecule has 7 heteroatoms. The Morgan fingerprint density at radius 3 is 2.89 bits per heavy atom. The van der Waals surface area contributed by atoms with Crippen LogP contribution in [0.4, 0.5) is 10.1 Å². The fourth-order valence-electron chi connectivity index (χ4n) is 2.65. The highest BCUT2D eigenvalue weighted by Crippen LogP contribution is 2.57. The number of anilines is 1. The van der Waals surface area contributed by atoms with Gasteiger partial charge in [-0.05, 0) is 31.5 Å². The SMILES string of the molecule is CC1=NC2(c3cc(N)ccc3F)CC2S(=O)(=O)N1C. The number of halogens is 1. The van der Waals surface area contributed by atoms with Gasteiger partial charge in [0, 0.05) is 18.3 Å². The Morgan fingerprint density at radius 2 is 2.21 bits per heavy atom. The minimum Gasteiger partial charge on any atom is -0.399 e. The highest BCUT2D eigenvalue weighted by Gasteiger charge is 2.67. The van der Waals surface area contributed by atoms with Crippen molar-refractivity contribution in [1.29, 1.82) is 0 Å². The molecule has 3 rings (SSSR count). The molecule has 0 bridgehead atoms. The van der Waals surface area contributed by atoms with Gasteiger partial charge in [-0.15, -0.1) is 0 Å². The molecular formula is C12H14FN3O2S. The van der Waals surface area contributed by atoms with Gasteiger partial charge in [-0.1, -0.05) is 0 Å². The van der Waals surface area contributed by atoms with Gasteiger partial charge < -0.3 is 5.73 Å². The van der Waals surface area contributed by atoms with E-state index in [-0.39, 0.29) is 5.56 Å². The smallest absolute Gasteiger partial charge is 0.241 e. The number of hydrogen-bond donors (Lipinski definition) is 1. The number of nitrogens with zero attached hydrogens (tertiary/aromatic N) is 2. The van der Waals surface area contributed by atoms with E-state index >= 15 is 0 Å². The van der Waals surface area contributed by atoms with Gasteiger partial charge >= 0.3 is 0 Å². The summed E-state index contributed by atoms with van der Waals surface area (Å²) in [6.45, 7) is 1.61. The number of amidine groups is 1. The fraction of sp³-hybridized carbons (Fsp3) is 0.417. The Balaban J connectivity index is 2.20. The van der Waals surface area contributed by atoms with Crippen LogP contribution in [-0.4, -0.2) is 30.9 Å². The van der Waals surface area contributed by atoms with Crippen molar-refractivity contribution >= 4 is 21.5 Å². The number of sulfonamides is 1. The second-order valence-corrected chi connectivity index (χ2v) is 7.17. The molecule has 0 saturated heterocycles. The first-order valence-corrected chi connectivity index (χ1v) is 7.39. The lowest BCUT2D eigenvalue weighted by Crippen LogP contribution is -2.41. The normalized spacial score (nSPS) is 31.6. The van der Waals surface area contributed by atoms with Gasteiger partial charge in [-0.25, -0.2) is 12.8 Å². The number of rotatable bonds is 1. The molecule has 2 atom stereocenters. The molecular weight excluding hydrogens is 269 g/mol. The Morgan fingerprint density at radius 1 is 1.53 bits per heavy atom. The summed E-state index contributed by atoms with van der Waals surface area (Å²) in [6, 6.07) is 4.18. The van der Waals surface area contributed by atoms with Crippen LogP contribution in [0.1, 0.15) is 18.9 Å². The van der Waals surface area contributed by atoms with E-state index < -0.39 is 26.6 Å². The van der Waals surface area contributed by atoms with E-state index in [9.17, 15) is 12.8 Å². The molecule has 0 amide bonds. The van der Waals surface area contributed by atoms with Crippen molar-refractivity contribution in [2.45, 2.75) is 24.1 Å². The number of fused-ring (bicyclic) bond motifs is 1. The molecule has 2 aliphatic rings. The van der Waals surface area contributed by atoms with E-state index in [1.54, 1.807) is 6.92 Å². The minimum absolute atomic E-state index is 0.272. The number of nitrogens with two attached hydrogens (primary N) is 1. The molecule has 0 aromatic heterocycles. The third kappa shape index (κ3) is 1.51. The van der Waals surface area contributed by atoms with Crippen LogP contribution in [0.5, 0.6) is 0 Å². The van der Waals surface area contributed by atoms with Gasteiger partial charge in [0.05, 0.1) is 0 Å². The summed E-state index contributed by atoms with van der Waals surface area (Å²) in [6.07, 6.45) is 0.303. The third-order valence-corrected chi connectivity index (χ3v) is 6.19. The maximum Gasteiger partial charge on any atom is 0.241 e. The summed E-state index contributed by atoms with van der Waals surface area (Å²) in [5.41, 5.74) is 5.35. The Labute approximate surface area is 111 Å². The zero-order valence-electron chi connectivity index (χ0n) is 10.6. The fourth-order valence-corrected chi connectivity index (χ4v) is 4.57. The molecule has 2 unspecified atom stereocenters. The van der Waals surface area contributed by atoms with Gasteiger partial charge in [0.25, 0.3) is 0 Å². The molecule has 0 radical (unpaired) electrons. The van der Waals surface area contributed by atoms with Gasteiger partial charge in [0.2, 0.25) is 10.0 Å². The zero-order valence-corrected chi connectivity index (χ0v) is 11.4. The van der Waals surface area contributed by atoms with Crippen molar-refractivity contribution in [3.8, 4) is 0 Å². The summed E-state index contributed by atoms with van der Waals surface area (Å²) in [4.78, 5) is 4.40. The molecule has 1 aliphatic heterocycles. The van der Waals surface area contributed by atoms with Gasteiger partial charge in [-0.2, -0.15) is 0 Å². The number of hydrogen-bond acceptors (Lipinski definition) is 4. The number of aliphatic imine (C=N–C) groups is 1. The maximum atomic E-state index is 14.0. The van der Waals surface area contributed by atoms with Crippen LogP contribution in [0.15, 0.2) is 23.2 Å². The topological polar surface area (TPSA) is 75.8 Å². The van der Waals surface area contributed by atoms with Crippen LogP contribution in [0.25, 0.3) is 0 Å². The summed E-state index contributed by atoms with van der Waals surface area (Å²) in [7, 11) is -1.99. The van der Waals surface area contributed by atoms with Crippen LogP contribution in [0.2, 0.25) is 0 Å². The van der Waals surface area contributed by atoms with Crippen molar-refractivity contribution in [2.75, 3.05) is 12.8 Å². The zero-order chi connectivity index (χ0) is 14.0. The molecule has 1 saturated carbocycles. The average molecular weight is 283 g/mol. The van der Waals surface area contributed by atoms with Crippen LogP contribution >= 0.6 is 0 Å². The lowest BCUT2D eigenvalue weighted by atomic mass is 10.0. The van der Waals surface area contributed by atoms with Crippen LogP contribution < -0.4 is 5.73 Å². The van der Waals surface area contributed by atoms with Crippen molar-refractivity contribution in [1.82, 2.24) is 4.31 Å². The van der Waals surface area contributed by atoms with Crippen molar-refractivity contribution < 1.29 is 12.8 Å². The van der Waals surface area contributed by atoms with Gasteiger partial charge in [0.1, 0.15) is 22.4 Å². The van der Waals surface area contributed by atoms with E-state index in [0.29, 0.717) is 17.9 Å². The molecule has 1 aromatic carbocycles. The standard InChI is InChI=1S/C12H14FN3O2S/c1-7-15-12(6-11(12)19(17,18)16(7)2)9-5-8(14)3-4-10(9)13/h3-5,11H,6,14H2,1-2H3. The van der Waals surface area contributed by atoms with Crippen LogP contribution in [0.3, 0.4) is 0 Å². The Kier molecular flexibility index (Phi) is 2.27. The monoisotopic (exact) mass is 283 g/mol. The highest BCUT2D eigenvalue weighted by atomic mass is 32.2. The van der Waals surface area contributed by atoms with Crippen LogP contribution in [-0.2, 0) is 15.6 Å². The summed E-state index contributed by atoms with van der Waals surface area (Å²) < 4.78 is 39.6. The average Bonchev–Trinajstić information content (AvgIpc) is 3.06. The van der Waals surface area contributed by atoms with Gasteiger partial charge in [0.15, 0.2) is 0 Å². The Bertz CT molecular complexity index is 701. The second kappa shape index (κ2) is 3.47. The van der Waals surface area contributed by atoms with Crippen molar-refractivity contribution in [3.05, 3.63) is 29.6 Å². The molecule has 1 aromatic rings. The first-order valence-electron chi connectivity index (χ1n) is 5.89. The molecule has 5 nitrogen and oxygen atoms in total. The van der Waals surface area contributed by atoms with E-state index in [4.69, 9.17) is 5.73 Å². The van der Waals surface area contributed by atoms with E-state index in [0.717, 1.165) is 4.31 Å². The summed E-state index contributed by atoms with van der Waals surface area (Å²) in [5.74, 6) is -0.0939. The van der Waals surface area contributed by atoms with Gasteiger partial charge in [-0.3, -0.25) is 9.30 Å². The molecule has 102 valence electrons. The van der Waals surface area contributed by atoms with Crippen molar-refractivity contribution in [2.24, 2.45) is 4.99 Å². The lowest BCUT2D eigenvalue weighted by Gasteiger charge is -2.27.